The normalized spacial score (nSPS) is 11.7. The summed E-state index contributed by atoms with van der Waals surface area (Å²) in [5, 5.41) is 15.6. The van der Waals surface area contributed by atoms with E-state index in [2.05, 4.69) is 5.32 Å². The summed E-state index contributed by atoms with van der Waals surface area (Å²) in [4.78, 5) is 32.4. The first kappa shape index (κ1) is 15.6. The molecule has 0 aliphatic rings. The number of benzene rings is 1. The van der Waals surface area contributed by atoms with Gasteiger partial charge in [-0.05, 0) is 19.4 Å². The van der Waals surface area contributed by atoms with Crippen molar-refractivity contribution in [2.45, 2.75) is 26.4 Å². The number of amides is 3. The Bertz CT molecular complexity index is 544. The van der Waals surface area contributed by atoms with E-state index in [-0.39, 0.29) is 12.2 Å². The minimum Gasteiger partial charge on any atom is -0.351 e. The van der Waals surface area contributed by atoms with Crippen LogP contribution >= 0.6 is 0 Å². The van der Waals surface area contributed by atoms with E-state index >= 15 is 0 Å². The second-order valence-electron chi connectivity index (χ2n) is 4.27. The van der Waals surface area contributed by atoms with Crippen LogP contribution < -0.4 is 16.4 Å². The lowest BCUT2D eigenvalue weighted by Gasteiger charge is -2.13. The zero-order chi connectivity index (χ0) is 15.3. The van der Waals surface area contributed by atoms with Crippen LogP contribution in [0.2, 0.25) is 0 Å². The summed E-state index contributed by atoms with van der Waals surface area (Å²) < 4.78 is 0. The molecule has 20 heavy (non-hydrogen) atoms. The molecular formula is C12H16N4O4. The molecule has 1 aromatic rings. The van der Waals surface area contributed by atoms with E-state index in [4.69, 9.17) is 5.73 Å². The number of imide groups is 1. The summed E-state index contributed by atoms with van der Waals surface area (Å²) in [6.07, 6.45) is 0. The van der Waals surface area contributed by atoms with Gasteiger partial charge in [0.05, 0.1) is 11.0 Å². The number of hydrogen-bond acceptors (Lipinski definition) is 5. The van der Waals surface area contributed by atoms with E-state index in [1.165, 1.54) is 6.07 Å². The van der Waals surface area contributed by atoms with E-state index in [9.17, 15) is 19.7 Å². The molecule has 0 radical (unpaired) electrons. The quantitative estimate of drug-likeness (QED) is 0.537. The van der Waals surface area contributed by atoms with Crippen LogP contribution in [0.5, 0.6) is 0 Å². The van der Waals surface area contributed by atoms with Crippen LogP contribution in [0.15, 0.2) is 18.2 Å². The average Bonchev–Trinajstić information content (AvgIpc) is 2.35. The third-order valence-corrected chi connectivity index (χ3v) is 2.85. The Morgan fingerprint density at radius 1 is 1.45 bits per heavy atom. The van der Waals surface area contributed by atoms with Crippen molar-refractivity contribution < 1.29 is 14.5 Å². The maximum absolute atomic E-state index is 11.5. The Morgan fingerprint density at radius 3 is 2.65 bits per heavy atom. The first-order chi connectivity index (χ1) is 9.32. The van der Waals surface area contributed by atoms with Crippen molar-refractivity contribution in [3.05, 3.63) is 39.4 Å². The van der Waals surface area contributed by atoms with Gasteiger partial charge in [-0.2, -0.15) is 0 Å². The van der Waals surface area contributed by atoms with Gasteiger partial charge < -0.3 is 11.1 Å². The topological polar surface area (TPSA) is 127 Å². The number of nitrogens with one attached hydrogen (secondary N) is 2. The minimum atomic E-state index is -0.921. The van der Waals surface area contributed by atoms with E-state index in [1.54, 1.807) is 26.0 Å². The fourth-order valence-electron chi connectivity index (χ4n) is 1.64. The molecule has 0 saturated heterocycles. The third-order valence-electron chi connectivity index (χ3n) is 2.85. The zero-order valence-electron chi connectivity index (χ0n) is 11.2. The molecule has 0 aliphatic carbocycles. The Labute approximate surface area is 115 Å². The Kier molecular flexibility index (Phi) is 5.15. The van der Waals surface area contributed by atoms with Crippen LogP contribution in [-0.4, -0.2) is 22.9 Å². The molecule has 0 aliphatic heterocycles. The molecule has 8 heteroatoms. The number of nitrogens with two attached hydrogens (primary N) is 1. The van der Waals surface area contributed by atoms with Gasteiger partial charge in [0, 0.05) is 18.2 Å². The minimum absolute atomic E-state index is 0.0264. The predicted octanol–water partition coefficient (Wildman–Crippen LogP) is 0.576. The number of nitro benzene ring substituents is 1. The molecule has 1 aromatic carbocycles. The van der Waals surface area contributed by atoms with Crippen LogP contribution in [0, 0.1) is 17.0 Å². The van der Waals surface area contributed by atoms with Crippen molar-refractivity contribution in [2.75, 3.05) is 0 Å². The van der Waals surface area contributed by atoms with Gasteiger partial charge in [0.1, 0.15) is 0 Å². The first-order valence-corrected chi connectivity index (χ1v) is 5.89. The van der Waals surface area contributed by atoms with Gasteiger partial charge in [-0.3, -0.25) is 20.2 Å². The monoisotopic (exact) mass is 280 g/mol. The number of carbonyl (C=O) groups is 2. The van der Waals surface area contributed by atoms with Gasteiger partial charge in [0.2, 0.25) is 5.91 Å². The van der Waals surface area contributed by atoms with E-state index in [0.29, 0.717) is 11.1 Å². The van der Waals surface area contributed by atoms with Gasteiger partial charge in [-0.25, -0.2) is 4.79 Å². The largest absolute Gasteiger partial charge is 0.351 e. The van der Waals surface area contributed by atoms with E-state index in [1.807, 2.05) is 5.32 Å². The van der Waals surface area contributed by atoms with E-state index in [0.717, 1.165) is 0 Å². The maximum atomic E-state index is 11.5. The van der Waals surface area contributed by atoms with Crippen LogP contribution in [-0.2, 0) is 11.3 Å². The molecule has 1 unspecified atom stereocenters. The Hall–Kier alpha value is -2.48. The second kappa shape index (κ2) is 6.62. The van der Waals surface area contributed by atoms with Crippen LogP contribution in [0.25, 0.3) is 0 Å². The highest BCUT2D eigenvalue weighted by molar-refractivity contribution is 5.96. The van der Waals surface area contributed by atoms with Gasteiger partial charge >= 0.3 is 6.03 Å². The lowest BCUT2D eigenvalue weighted by Crippen LogP contribution is -2.46. The van der Waals surface area contributed by atoms with Gasteiger partial charge in [0.25, 0.3) is 5.69 Å². The number of rotatable bonds is 5. The molecule has 0 spiro atoms. The lowest BCUT2D eigenvalue weighted by atomic mass is 10.1. The van der Waals surface area contributed by atoms with Crippen molar-refractivity contribution >= 4 is 17.6 Å². The SMILES string of the molecule is Cc1c(CNC(C)C(=O)NC(N)=O)cccc1[N+](=O)[O-]. The van der Waals surface area contributed by atoms with Gasteiger partial charge in [-0.1, -0.05) is 12.1 Å². The molecule has 0 fully saturated rings. The summed E-state index contributed by atoms with van der Waals surface area (Å²) in [5.41, 5.74) is 6.11. The van der Waals surface area contributed by atoms with Gasteiger partial charge in [0.15, 0.2) is 0 Å². The van der Waals surface area contributed by atoms with Crippen LogP contribution in [0.3, 0.4) is 0 Å². The third kappa shape index (κ3) is 4.02. The van der Waals surface area contributed by atoms with Crippen molar-refractivity contribution in [1.82, 2.24) is 10.6 Å². The summed E-state index contributed by atoms with van der Waals surface area (Å²) in [6.45, 7) is 3.47. The lowest BCUT2D eigenvalue weighted by molar-refractivity contribution is -0.385. The standard InChI is InChI=1S/C12H16N4O4/c1-7-9(4-3-5-10(7)16(19)20)6-14-8(2)11(17)15-12(13)18/h3-5,8,14H,6H2,1-2H3,(H3,13,15,17,18). The molecule has 0 aromatic heterocycles. The van der Waals surface area contributed by atoms with Gasteiger partial charge in [-0.15, -0.1) is 0 Å². The molecule has 3 amide bonds. The molecule has 1 rings (SSSR count). The highest BCUT2D eigenvalue weighted by Crippen LogP contribution is 2.20. The van der Waals surface area contributed by atoms with Crippen molar-refractivity contribution in [2.24, 2.45) is 5.73 Å². The molecule has 0 bridgehead atoms. The molecule has 1 atom stereocenters. The molecule has 0 heterocycles. The molecular weight excluding hydrogens is 264 g/mol. The fraction of sp³-hybridized carbons (Fsp3) is 0.333. The van der Waals surface area contributed by atoms with Crippen LogP contribution in [0.4, 0.5) is 10.5 Å². The van der Waals surface area contributed by atoms with Crippen molar-refractivity contribution in [1.29, 1.82) is 0 Å². The highest BCUT2D eigenvalue weighted by atomic mass is 16.6. The second-order valence-corrected chi connectivity index (χ2v) is 4.27. The molecule has 0 saturated carbocycles. The van der Waals surface area contributed by atoms with Crippen molar-refractivity contribution in [3.8, 4) is 0 Å². The molecule has 108 valence electrons. The van der Waals surface area contributed by atoms with Crippen molar-refractivity contribution in [3.63, 3.8) is 0 Å². The smallest absolute Gasteiger partial charge is 0.318 e. The summed E-state index contributed by atoms with van der Waals surface area (Å²) in [7, 11) is 0. The van der Waals surface area contributed by atoms with E-state index < -0.39 is 22.9 Å². The Morgan fingerprint density at radius 2 is 2.10 bits per heavy atom. The first-order valence-electron chi connectivity index (χ1n) is 5.89. The Balaban J connectivity index is 2.71. The maximum Gasteiger partial charge on any atom is 0.318 e. The number of nitrogens with zero attached hydrogens (tertiary/aromatic N) is 1. The fourth-order valence-corrected chi connectivity index (χ4v) is 1.64. The average molecular weight is 280 g/mol. The summed E-state index contributed by atoms with van der Waals surface area (Å²) >= 11 is 0. The molecule has 4 N–H and O–H groups in total. The summed E-state index contributed by atoms with van der Waals surface area (Å²) in [5.74, 6) is -0.555. The number of urea groups is 1. The predicted molar refractivity (Wildman–Crippen MR) is 71.9 cm³/mol. The number of hydrogen-bond donors (Lipinski definition) is 3. The van der Waals surface area contributed by atoms with Crippen LogP contribution in [0.1, 0.15) is 18.1 Å². The number of nitro groups is 1. The number of primary amides is 1. The summed E-state index contributed by atoms with van der Waals surface area (Å²) in [6, 6.07) is 3.16. The molecule has 8 nitrogen and oxygen atoms in total. The highest BCUT2D eigenvalue weighted by Gasteiger charge is 2.16. The number of carbonyl (C=O) groups excluding carboxylic acids is 2. The zero-order valence-corrected chi connectivity index (χ0v) is 11.2.